The van der Waals surface area contributed by atoms with Crippen LogP contribution in [-0.2, 0) is 30.4 Å². The number of esters is 1. The van der Waals surface area contributed by atoms with Gasteiger partial charge in [0.1, 0.15) is 31.0 Å². The van der Waals surface area contributed by atoms with Crippen LogP contribution in [0.5, 0.6) is 0 Å². The first-order valence-electron chi connectivity index (χ1n) is 8.40. The Morgan fingerprint density at radius 1 is 1.07 bits per heavy atom. The first kappa shape index (κ1) is 21.3. The summed E-state index contributed by atoms with van der Waals surface area (Å²) in [6.07, 6.45) is -7.10. The molecule has 0 amide bonds. The molecule has 1 aliphatic rings. The highest BCUT2D eigenvalue weighted by Crippen LogP contribution is 2.24. The molecule has 0 saturated carbocycles. The summed E-state index contributed by atoms with van der Waals surface area (Å²) in [6.45, 7) is 1.94. The van der Waals surface area contributed by atoms with E-state index in [-0.39, 0.29) is 6.61 Å². The van der Waals surface area contributed by atoms with Gasteiger partial charge >= 0.3 is 11.9 Å². The van der Waals surface area contributed by atoms with Gasteiger partial charge in [-0.25, -0.2) is 0 Å². The van der Waals surface area contributed by atoms with Gasteiger partial charge in [-0.15, -0.1) is 0 Å². The summed E-state index contributed by atoms with van der Waals surface area (Å²) in [5.41, 5.74) is -0.971. The van der Waals surface area contributed by atoms with Gasteiger partial charge < -0.3 is 34.6 Å². The number of aliphatic carboxylic acids is 1. The second-order valence-electron chi connectivity index (χ2n) is 6.84. The number of hydrogen-bond acceptors (Lipinski definition) is 8. The van der Waals surface area contributed by atoms with E-state index in [1.165, 1.54) is 13.8 Å². The lowest BCUT2D eigenvalue weighted by molar-refractivity contribution is -0.305. The van der Waals surface area contributed by atoms with Gasteiger partial charge in [-0.05, 0) is 19.4 Å². The molecule has 5 unspecified atom stereocenters. The van der Waals surface area contributed by atoms with Crippen molar-refractivity contribution < 1.29 is 44.2 Å². The average molecular weight is 384 g/mol. The molecular weight excluding hydrogens is 360 g/mol. The highest BCUT2D eigenvalue weighted by Gasteiger charge is 2.46. The van der Waals surface area contributed by atoms with Crippen LogP contribution in [0.3, 0.4) is 0 Å². The number of carboxylic acids is 1. The van der Waals surface area contributed by atoms with Gasteiger partial charge in [0, 0.05) is 0 Å². The number of carbonyl (C=O) groups excluding carboxylic acids is 1. The van der Waals surface area contributed by atoms with Gasteiger partial charge in [-0.1, -0.05) is 30.3 Å². The fourth-order valence-electron chi connectivity index (χ4n) is 2.37. The Labute approximate surface area is 156 Å². The summed E-state index contributed by atoms with van der Waals surface area (Å²) in [7, 11) is 0. The van der Waals surface area contributed by atoms with E-state index in [9.17, 15) is 24.9 Å². The molecular formula is C18H24O9. The summed E-state index contributed by atoms with van der Waals surface area (Å²) in [4.78, 5) is 23.0. The fourth-order valence-corrected chi connectivity index (χ4v) is 2.37. The standard InChI is InChI=1S/C18H24O9/c1-18(2,16(22)23)17(24)26-9-11-12(19)13(20)14(21)15(27-11)25-8-10-6-4-3-5-7-10/h3-7,11-15,19-21H,8-9H2,1-2H3,(H,22,23). The molecule has 1 heterocycles. The third kappa shape index (κ3) is 5.02. The molecule has 1 aliphatic heterocycles. The molecule has 2 rings (SSSR count). The van der Waals surface area contributed by atoms with E-state index in [0.717, 1.165) is 5.56 Å². The lowest BCUT2D eigenvalue weighted by Gasteiger charge is -2.40. The van der Waals surface area contributed by atoms with Crippen LogP contribution in [0, 0.1) is 5.41 Å². The molecule has 0 bridgehead atoms. The van der Waals surface area contributed by atoms with E-state index in [0.29, 0.717) is 0 Å². The molecule has 1 aromatic carbocycles. The molecule has 27 heavy (non-hydrogen) atoms. The molecule has 5 atom stereocenters. The Morgan fingerprint density at radius 2 is 1.70 bits per heavy atom. The van der Waals surface area contributed by atoms with Crippen molar-refractivity contribution in [3.63, 3.8) is 0 Å². The third-order valence-electron chi connectivity index (χ3n) is 4.35. The van der Waals surface area contributed by atoms with E-state index in [1.54, 1.807) is 12.1 Å². The Bertz CT molecular complexity index is 645. The van der Waals surface area contributed by atoms with Crippen molar-refractivity contribution in [2.24, 2.45) is 5.41 Å². The second-order valence-corrected chi connectivity index (χ2v) is 6.84. The first-order chi connectivity index (χ1) is 12.6. The van der Waals surface area contributed by atoms with Crippen LogP contribution < -0.4 is 0 Å². The number of hydrogen-bond donors (Lipinski definition) is 4. The summed E-state index contributed by atoms with van der Waals surface area (Å²) in [6, 6.07) is 9.05. The molecule has 0 spiro atoms. The number of aliphatic hydroxyl groups excluding tert-OH is 3. The molecule has 0 aromatic heterocycles. The van der Waals surface area contributed by atoms with E-state index >= 15 is 0 Å². The molecule has 150 valence electrons. The van der Waals surface area contributed by atoms with Crippen LogP contribution in [0.1, 0.15) is 19.4 Å². The maximum Gasteiger partial charge on any atom is 0.322 e. The Kier molecular flexibility index (Phi) is 6.90. The van der Waals surface area contributed by atoms with Crippen molar-refractivity contribution >= 4 is 11.9 Å². The van der Waals surface area contributed by atoms with Crippen LogP contribution in [0.2, 0.25) is 0 Å². The predicted molar refractivity (Wildman–Crippen MR) is 90.3 cm³/mol. The molecule has 4 N–H and O–H groups in total. The van der Waals surface area contributed by atoms with Gasteiger partial charge in [0.25, 0.3) is 0 Å². The zero-order valence-corrected chi connectivity index (χ0v) is 15.0. The largest absolute Gasteiger partial charge is 0.480 e. The topological polar surface area (TPSA) is 143 Å². The number of rotatable bonds is 7. The van der Waals surface area contributed by atoms with E-state index in [2.05, 4.69) is 0 Å². The minimum Gasteiger partial charge on any atom is -0.480 e. The quantitative estimate of drug-likeness (QED) is 0.367. The number of aliphatic hydroxyl groups is 3. The van der Waals surface area contributed by atoms with E-state index in [4.69, 9.17) is 19.3 Å². The minimum atomic E-state index is -1.78. The summed E-state index contributed by atoms with van der Waals surface area (Å²) >= 11 is 0. The Hall–Kier alpha value is -2.04. The SMILES string of the molecule is CC(C)(C(=O)O)C(=O)OCC1OC(OCc2ccccc2)C(O)C(O)C1O. The molecule has 0 radical (unpaired) electrons. The predicted octanol–water partition coefficient (Wildman–Crippen LogP) is -0.335. The van der Waals surface area contributed by atoms with Crippen molar-refractivity contribution in [2.75, 3.05) is 6.61 Å². The van der Waals surface area contributed by atoms with Gasteiger partial charge in [0.05, 0.1) is 6.61 Å². The average Bonchev–Trinajstić information content (AvgIpc) is 2.65. The zero-order valence-electron chi connectivity index (χ0n) is 15.0. The molecule has 9 nitrogen and oxygen atoms in total. The van der Waals surface area contributed by atoms with E-state index < -0.39 is 54.7 Å². The highest BCUT2D eigenvalue weighted by molar-refractivity contribution is 5.98. The van der Waals surface area contributed by atoms with Crippen molar-refractivity contribution in [3.8, 4) is 0 Å². The smallest absolute Gasteiger partial charge is 0.322 e. The third-order valence-corrected chi connectivity index (χ3v) is 4.35. The summed E-state index contributed by atoms with van der Waals surface area (Å²) in [5.74, 6) is -2.38. The lowest BCUT2D eigenvalue weighted by Crippen LogP contribution is -2.59. The van der Waals surface area contributed by atoms with Gasteiger partial charge in [0.2, 0.25) is 0 Å². The monoisotopic (exact) mass is 384 g/mol. The number of benzene rings is 1. The van der Waals surface area contributed by atoms with Gasteiger partial charge in [0.15, 0.2) is 11.7 Å². The normalized spacial score (nSPS) is 28.6. The summed E-state index contributed by atoms with van der Waals surface area (Å²) < 4.78 is 15.8. The maximum absolute atomic E-state index is 11.9. The maximum atomic E-state index is 11.9. The van der Waals surface area contributed by atoms with Crippen molar-refractivity contribution in [1.82, 2.24) is 0 Å². The molecule has 1 saturated heterocycles. The van der Waals surface area contributed by atoms with Crippen molar-refractivity contribution in [2.45, 2.75) is 51.2 Å². The van der Waals surface area contributed by atoms with Crippen molar-refractivity contribution in [3.05, 3.63) is 35.9 Å². The molecule has 1 fully saturated rings. The van der Waals surface area contributed by atoms with Gasteiger partial charge in [-0.2, -0.15) is 0 Å². The van der Waals surface area contributed by atoms with Crippen LogP contribution in [0.25, 0.3) is 0 Å². The molecule has 1 aromatic rings. The highest BCUT2D eigenvalue weighted by atomic mass is 16.7. The number of carbonyl (C=O) groups is 2. The number of ether oxygens (including phenoxy) is 3. The van der Waals surface area contributed by atoms with Crippen LogP contribution >= 0.6 is 0 Å². The first-order valence-corrected chi connectivity index (χ1v) is 8.40. The minimum absolute atomic E-state index is 0.0872. The zero-order chi connectivity index (χ0) is 20.2. The Morgan fingerprint density at radius 3 is 2.30 bits per heavy atom. The van der Waals surface area contributed by atoms with E-state index in [1.807, 2.05) is 18.2 Å². The molecule has 0 aliphatic carbocycles. The fraction of sp³-hybridized carbons (Fsp3) is 0.556. The van der Waals surface area contributed by atoms with Gasteiger partial charge in [-0.3, -0.25) is 9.59 Å². The Balaban J connectivity index is 1.97. The number of carboxylic acid groups (broad SMARTS) is 1. The molecule has 9 heteroatoms. The van der Waals surface area contributed by atoms with Crippen LogP contribution in [-0.4, -0.2) is 69.7 Å². The summed E-state index contributed by atoms with van der Waals surface area (Å²) in [5, 5.41) is 39.1. The second kappa shape index (κ2) is 8.77. The lowest BCUT2D eigenvalue weighted by atomic mass is 9.94. The van der Waals surface area contributed by atoms with Crippen LogP contribution in [0.15, 0.2) is 30.3 Å². The van der Waals surface area contributed by atoms with Crippen LogP contribution in [0.4, 0.5) is 0 Å². The van der Waals surface area contributed by atoms with Crippen molar-refractivity contribution in [1.29, 1.82) is 0 Å².